The average Bonchev–Trinajstić information content (AvgIpc) is 3.49. The zero-order chi connectivity index (χ0) is 22.4. The van der Waals surface area contributed by atoms with Crippen LogP contribution in [0.5, 0.6) is 0 Å². The second kappa shape index (κ2) is 8.44. The summed E-state index contributed by atoms with van der Waals surface area (Å²) in [6.45, 7) is 4.53. The van der Waals surface area contributed by atoms with Crippen molar-refractivity contribution in [3.8, 4) is 0 Å². The monoisotopic (exact) mass is 471 g/mol. The molecule has 4 heterocycles. The van der Waals surface area contributed by atoms with Gasteiger partial charge in [0.1, 0.15) is 15.7 Å². The van der Waals surface area contributed by atoms with E-state index >= 15 is 0 Å². The van der Waals surface area contributed by atoms with Crippen LogP contribution in [0.3, 0.4) is 0 Å². The first-order valence-electron chi connectivity index (χ1n) is 11.1. The Hall–Kier alpha value is -2.52. The molecule has 7 nitrogen and oxygen atoms in total. The summed E-state index contributed by atoms with van der Waals surface area (Å²) < 4.78 is 7.03. The number of nitrogens with zero attached hydrogens (tertiary/aromatic N) is 2. The van der Waals surface area contributed by atoms with E-state index in [0.29, 0.717) is 43.7 Å². The Bertz CT molecular complexity index is 1280. The van der Waals surface area contributed by atoms with E-state index in [1.807, 2.05) is 5.38 Å². The standard InChI is InChI=1S/C23H25N3O4S2/c1-3-30-23(29)17-14(13-8-9-13)11-31-20(17)25-19(27)18-12(2)16-21(32-18)24-15-7-5-4-6-10-26(15)22(16)28/h11,13H,3-10H2,1-2H3,(H,25,27). The minimum absolute atomic E-state index is 0.0564. The van der Waals surface area contributed by atoms with E-state index in [4.69, 9.17) is 9.72 Å². The number of aromatic nitrogens is 2. The fourth-order valence-corrected chi connectivity index (χ4v) is 6.47. The lowest BCUT2D eigenvalue weighted by Gasteiger charge is -2.08. The Labute approximate surface area is 193 Å². The fourth-order valence-electron chi connectivity index (χ4n) is 4.36. The summed E-state index contributed by atoms with van der Waals surface area (Å²) in [4.78, 5) is 44.8. The topological polar surface area (TPSA) is 90.3 Å². The van der Waals surface area contributed by atoms with Crippen LogP contribution in [0.25, 0.3) is 10.2 Å². The highest BCUT2D eigenvalue weighted by Crippen LogP contribution is 2.46. The number of ether oxygens (including phenoxy) is 1. The molecule has 1 aliphatic heterocycles. The molecule has 0 atom stereocenters. The predicted octanol–water partition coefficient (Wildman–Crippen LogP) is 4.86. The maximum atomic E-state index is 13.2. The van der Waals surface area contributed by atoms with Gasteiger partial charge in [-0.15, -0.1) is 22.7 Å². The summed E-state index contributed by atoms with van der Waals surface area (Å²) >= 11 is 2.60. The first-order chi connectivity index (χ1) is 15.5. The van der Waals surface area contributed by atoms with Crippen LogP contribution in [-0.4, -0.2) is 28.0 Å². The minimum atomic E-state index is -0.400. The second-order valence-electron chi connectivity index (χ2n) is 8.38. The number of thiophene rings is 2. The number of nitrogens with one attached hydrogen (secondary N) is 1. The molecule has 3 aromatic rings. The maximum Gasteiger partial charge on any atom is 0.341 e. The zero-order valence-electron chi connectivity index (χ0n) is 18.2. The molecular formula is C23H25N3O4S2. The van der Waals surface area contributed by atoms with Gasteiger partial charge in [0.15, 0.2) is 0 Å². The van der Waals surface area contributed by atoms with Crippen LogP contribution in [0.1, 0.15) is 81.9 Å². The number of hydrogen-bond donors (Lipinski definition) is 1. The van der Waals surface area contributed by atoms with Gasteiger partial charge in [-0.25, -0.2) is 9.78 Å². The summed E-state index contributed by atoms with van der Waals surface area (Å²) in [5.41, 5.74) is 2.02. The van der Waals surface area contributed by atoms with Gasteiger partial charge >= 0.3 is 5.97 Å². The van der Waals surface area contributed by atoms with Crippen LogP contribution < -0.4 is 10.9 Å². The summed E-state index contributed by atoms with van der Waals surface area (Å²) in [6.07, 6.45) is 5.96. The van der Waals surface area contributed by atoms with Crippen LogP contribution in [0.15, 0.2) is 10.2 Å². The largest absolute Gasteiger partial charge is 0.462 e. The average molecular weight is 472 g/mol. The van der Waals surface area contributed by atoms with Crippen molar-refractivity contribution in [1.82, 2.24) is 9.55 Å². The molecule has 3 aromatic heterocycles. The Morgan fingerprint density at radius 2 is 2.09 bits per heavy atom. The van der Waals surface area contributed by atoms with Crippen molar-refractivity contribution in [3.05, 3.63) is 43.1 Å². The van der Waals surface area contributed by atoms with E-state index in [2.05, 4.69) is 5.32 Å². The lowest BCUT2D eigenvalue weighted by Crippen LogP contribution is -2.24. The summed E-state index contributed by atoms with van der Waals surface area (Å²) in [5, 5.41) is 5.91. The van der Waals surface area contributed by atoms with Gasteiger partial charge in [-0.3, -0.25) is 14.2 Å². The number of aryl methyl sites for hydroxylation is 2. The molecule has 1 aliphatic carbocycles. The number of fused-ring (bicyclic) bond motifs is 2. The number of hydrogen-bond acceptors (Lipinski definition) is 7. The molecule has 5 rings (SSSR count). The highest BCUT2D eigenvalue weighted by atomic mass is 32.1. The fraction of sp³-hybridized carbons (Fsp3) is 0.478. The molecule has 0 aromatic carbocycles. The van der Waals surface area contributed by atoms with Gasteiger partial charge in [0.2, 0.25) is 0 Å². The second-order valence-corrected chi connectivity index (χ2v) is 10.3. The quantitative estimate of drug-likeness (QED) is 0.537. The molecule has 2 aliphatic rings. The summed E-state index contributed by atoms with van der Waals surface area (Å²) in [7, 11) is 0. The number of carbonyl (C=O) groups is 2. The third-order valence-electron chi connectivity index (χ3n) is 6.16. The molecule has 0 bridgehead atoms. The van der Waals surface area contributed by atoms with Gasteiger partial charge < -0.3 is 10.1 Å². The lowest BCUT2D eigenvalue weighted by molar-refractivity contribution is 0.0527. The number of carbonyl (C=O) groups excluding carboxylic acids is 2. The number of anilines is 1. The van der Waals surface area contributed by atoms with Crippen LogP contribution in [-0.2, 0) is 17.7 Å². The molecule has 1 N–H and O–H groups in total. The Morgan fingerprint density at radius 1 is 1.28 bits per heavy atom. The van der Waals surface area contributed by atoms with E-state index < -0.39 is 5.97 Å². The van der Waals surface area contributed by atoms with E-state index in [1.54, 1.807) is 18.4 Å². The first kappa shape index (κ1) is 21.3. The van der Waals surface area contributed by atoms with Crippen molar-refractivity contribution in [2.45, 2.75) is 64.8 Å². The SMILES string of the molecule is CCOC(=O)c1c(C2CC2)csc1NC(=O)c1sc2nc3n(c(=O)c2c1C)CCCCC3. The van der Waals surface area contributed by atoms with Gasteiger partial charge in [-0.1, -0.05) is 6.42 Å². The lowest BCUT2D eigenvalue weighted by atomic mass is 10.1. The van der Waals surface area contributed by atoms with Crippen molar-refractivity contribution in [2.75, 3.05) is 11.9 Å². The summed E-state index contributed by atoms with van der Waals surface area (Å²) in [6, 6.07) is 0. The predicted molar refractivity (Wildman–Crippen MR) is 126 cm³/mol. The van der Waals surface area contributed by atoms with Crippen LogP contribution in [0, 0.1) is 6.92 Å². The van der Waals surface area contributed by atoms with Crippen LogP contribution in [0.4, 0.5) is 5.00 Å². The van der Waals surface area contributed by atoms with Gasteiger partial charge in [0, 0.05) is 13.0 Å². The smallest absolute Gasteiger partial charge is 0.341 e. The Balaban J connectivity index is 1.51. The van der Waals surface area contributed by atoms with E-state index in [0.717, 1.165) is 49.9 Å². The van der Waals surface area contributed by atoms with Crippen molar-refractivity contribution in [3.63, 3.8) is 0 Å². The number of rotatable bonds is 5. The molecule has 0 unspecified atom stereocenters. The molecule has 168 valence electrons. The molecule has 9 heteroatoms. The Morgan fingerprint density at radius 3 is 2.84 bits per heavy atom. The van der Waals surface area contributed by atoms with Gasteiger partial charge in [-0.05, 0) is 62.0 Å². The highest BCUT2D eigenvalue weighted by molar-refractivity contribution is 7.21. The number of amides is 1. The first-order valence-corrected chi connectivity index (χ1v) is 12.8. The minimum Gasteiger partial charge on any atom is -0.462 e. The van der Waals surface area contributed by atoms with Crippen molar-refractivity contribution in [1.29, 1.82) is 0 Å². The molecular weight excluding hydrogens is 446 g/mol. The molecule has 0 saturated heterocycles. The van der Waals surface area contributed by atoms with E-state index in [-0.39, 0.29) is 18.1 Å². The highest BCUT2D eigenvalue weighted by Gasteiger charge is 2.33. The molecule has 0 spiro atoms. The van der Waals surface area contributed by atoms with Gasteiger partial charge in [0.05, 0.1) is 22.4 Å². The van der Waals surface area contributed by atoms with Gasteiger partial charge in [-0.2, -0.15) is 0 Å². The third kappa shape index (κ3) is 3.67. The summed E-state index contributed by atoms with van der Waals surface area (Å²) in [5.74, 6) is 0.453. The molecule has 0 radical (unpaired) electrons. The van der Waals surface area contributed by atoms with Gasteiger partial charge in [0.25, 0.3) is 11.5 Å². The maximum absolute atomic E-state index is 13.2. The van der Waals surface area contributed by atoms with Crippen LogP contribution >= 0.6 is 22.7 Å². The molecule has 1 amide bonds. The van der Waals surface area contributed by atoms with E-state index in [1.165, 1.54) is 22.7 Å². The number of esters is 1. The molecule has 32 heavy (non-hydrogen) atoms. The van der Waals surface area contributed by atoms with Crippen molar-refractivity contribution < 1.29 is 14.3 Å². The molecule has 1 saturated carbocycles. The zero-order valence-corrected chi connectivity index (χ0v) is 19.8. The normalized spacial score (nSPS) is 15.9. The van der Waals surface area contributed by atoms with E-state index in [9.17, 15) is 14.4 Å². The van der Waals surface area contributed by atoms with Crippen molar-refractivity contribution in [2.24, 2.45) is 0 Å². The molecule has 1 fully saturated rings. The van der Waals surface area contributed by atoms with Crippen LogP contribution in [0.2, 0.25) is 0 Å². The van der Waals surface area contributed by atoms with Crippen molar-refractivity contribution >= 4 is 49.8 Å². The third-order valence-corrected chi connectivity index (χ3v) is 8.26. The Kier molecular flexibility index (Phi) is 5.63.